The van der Waals surface area contributed by atoms with Gasteiger partial charge < -0.3 is 5.32 Å². The topological polar surface area (TPSA) is 90.1 Å². The summed E-state index contributed by atoms with van der Waals surface area (Å²) in [6.07, 6.45) is -4.59. The zero-order chi connectivity index (χ0) is 18.1. The summed E-state index contributed by atoms with van der Waals surface area (Å²) in [6, 6.07) is 4.96. The van der Waals surface area contributed by atoms with Gasteiger partial charge in [-0.2, -0.15) is 18.3 Å². The number of hydrogen-bond donors (Lipinski definition) is 1. The van der Waals surface area contributed by atoms with E-state index in [9.17, 15) is 28.1 Å². The van der Waals surface area contributed by atoms with E-state index in [1.54, 1.807) is 6.92 Å². The lowest BCUT2D eigenvalue weighted by molar-refractivity contribution is -0.385. The van der Waals surface area contributed by atoms with E-state index in [0.717, 1.165) is 10.7 Å². The Bertz CT molecular complexity index is 799. The molecule has 0 aliphatic rings. The van der Waals surface area contributed by atoms with Crippen LogP contribution in [-0.4, -0.2) is 20.6 Å². The summed E-state index contributed by atoms with van der Waals surface area (Å²) >= 11 is 0. The van der Waals surface area contributed by atoms with Gasteiger partial charge in [0.05, 0.1) is 4.92 Å². The van der Waals surface area contributed by atoms with Crippen LogP contribution in [0.4, 0.5) is 24.5 Å². The summed E-state index contributed by atoms with van der Waals surface area (Å²) in [7, 11) is 0. The van der Waals surface area contributed by atoms with Crippen LogP contribution in [0, 0.1) is 24.0 Å². The molecule has 1 aromatic carbocycles. The first-order valence-electron chi connectivity index (χ1n) is 6.74. The minimum absolute atomic E-state index is 0.164. The van der Waals surface area contributed by atoms with E-state index in [1.807, 2.05) is 0 Å². The minimum Gasteiger partial charge on any atom is -0.324 e. The normalized spacial score (nSPS) is 11.4. The van der Waals surface area contributed by atoms with Gasteiger partial charge in [0, 0.05) is 23.0 Å². The molecule has 0 unspecified atom stereocenters. The summed E-state index contributed by atoms with van der Waals surface area (Å²) in [4.78, 5) is 22.2. The zero-order valence-electron chi connectivity index (χ0n) is 12.7. The first-order valence-corrected chi connectivity index (χ1v) is 6.74. The lowest BCUT2D eigenvalue weighted by Crippen LogP contribution is -2.21. The predicted molar refractivity (Wildman–Crippen MR) is 78.4 cm³/mol. The fourth-order valence-corrected chi connectivity index (χ4v) is 2.03. The van der Waals surface area contributed by atoms with E-state index < -0.39 is 29.2 Å². The number of nitro groups is 1. The molecule has 0 spiro atoms. The highest BCUT2D eigenvalue weighted by Gasteiger charge is 2.34. The molecule has 7 nitrogen and oxygen atoms in total. The molecule has 0 atom stereocenters. The molecule has 0 fully saturated rings. The number of nitrogens with one attached hydrogen (secondary N) is 1. The van der Waals surface area contributed by atoms with Gasteiger partial charge in [0.25, 0.3) is 5.69 Å². The summed E-state index contributed by atoms with van der Waals surface area (Å²) in [6.45, 7) is 2.51. The summed E-state index contributed by atoms with van der Waals surface area (Å²) in [5, 5.41) is 16.6. The summed E-state index contributed by atoms with van der Waals surface area (Å²) in [5.41, 5.74) is -0.470. The summed E-state index contributed by atoms with van der Waals surface area (Å²) in [5.74, 6) is -0.645. The quantitative estimate of drug-likeness (QED) is 0.683. The monoisotopic (exact) mass is 342 g/mol. The largest absolute Gasteiger partial charge is 0.435 e. The average Bonchev–Trinajstić information content (AvgIpc) is 2.82. The number of nitro benzene ring substituents is 1. The molecule has 1 heterocycles. The third-order valence-electron chi connectivity index (χ3n) is 3.25. The van der Waals surface area contributed by atoms with E-state index in [2.05, 4.69) is 10.4 Å². The van der Waals surface area contributed by atoms with Crippen molar-refractivity contribution >= 4 is 17.3 Å². The highest BCUT2D eigenvalue weighted by Crippen LogP contribution is 2.28. The van der Waals surface area contributed by atoms with Gasteiger partial charge in [0.1, 0.15) is 6.54 Å². The van der Waals surface area contributed by atoms with E-state index in [4.69, 9.17) is 0 Å². The van der Waals surface area contributed by atoms with Crippen molar-refractivity contribution in [1.82, 2.24) is 9.78 Å². The van der Waals surface area contributed by atoms with E-state index in [-0.39, 0.29) is 17.1 Å². The molecule has 1 N–H and O–H groups in total. The molecule has 10 heteroatoms. The fourth-order valence-electron chi connectivity index (χ4n) is 2.03. The predicted octanol–water partition coefficient (Wildman–Crippen LogP) is 3.07. The van der Waals surface area contributed by atoms with E-state index >= 15 is 0 Å². The van der Waals surface area contributed by atoms with Crippen LogP contribution in [0.15, 0.2) is 24.3 Å². The Morgan fingerprint density at radius 2 is 2.00 bits per heavy atom. The maximum absolute atomic E-state index is 12.6. The molecule has 1 aromatic heterocycles. The Kier molecular flexibility index (Phi) is 4.58. The SMILES string of the molecule is Cc1ccc(NC(=O)Cn2nc(C(F)(F)F)cc2C)cc1[N+](=O)[O-]. The third kappa shape index (κ3) is 3.89. The maximum atomic E-state index is 12.6. The second-order valence-corrected chi connectivity index (χ2v) is 5.13. The molecule has 0 radical (unpaired) electrons. The molecular formula is C14H13F3N4O3. The molecule has 0 bridgehead atoms. The highest BCUT2D eigenvalue weighted by atomic mass is 19.4. The first-order chi connectivity index (χ1) is 11.1. The van der Waals surface area contributed by atoms with Crippen LogP contribution in [-0.2, 0) is 17.5 Å². The number of aromatic nitrogens is 2. The lowest BCUT2D eigenvalue weighted by atomic mass is 10.2. The van der Waals surface area contributed by atoms with Crippen molar-refractivity contribution in [3.63, 3.8) is 0 Å². The van der Waals surface area contributed by atoms with Gasteiger partial charge in [-0.05, 0) is 26.0 Å². The number of anilines is 1. The number of amides is 1. The van der Waals surface area contributed by atoms with E-state index in [1.165, 1.54) is 25.1 Å². The molecule has 0 saturated heterocycles. The van der Waals surface area contributed by atoms with Gasteiger partial charge in [0.2, 0.25) is 5.91 Å². The van der Waals surface area contributed by atoms with Gasteiger partial charge in [-0.3, -0.25) is 19.6 Å². The number of hydrogen-bond acceptors (Lipinski definition) is 4. The van der Waals surface area contributed by atoms with Gasteiger partial charge in [-0.1, -0.05) is 6.07 Å². The molecule has 2 rings (SSSR count). The Morgan fingerprint density at radius 3 is 2.54 bits per heavy atom. The van der Waals surface area contributed by atoms with Gasteiger partial charge in [-0.15, -0.1) is 0 Å². The van der Waals surface area contributed by atoms with Crippen LogP contribution in [0.1, 0.15) is 17.0 Å². The molecule has 0 saturated carbocycles. The lowest BCUT2D eigenvalue weighted by Gasteiger charge is -2.07. The number of carbonyl (C=O) groups excluding carboxylic acids is 1. The smallest absolute Gasteiger partial charge is 0.324 e. The number of nitrogens with zero attached hydrogens (tertiary/aromatic N) is 3. The number of carbonyl (C=O) groups is 1. The zero-order valence-corrected chi connectivity index (χ0v) is 12.7. The first kappa shape index (κ1) is 17.4. The Morgan fingerprint density at radius 1 is 1.33 bits per heavy atom. The second kappa shape index (κ2) is 6.30. The third-order valence-corrected chi connectivity index (χ3v) is 3.25. The summed E-state index contributed by atoms with van der Waals surface area (Å²) < 4.78 is 38.7. The van der Waals surface area contributed by atoms with Crippen LogP contribution >= 0.6 is 0 Å². The standard InChI is InChI=1S/C14H13F3N4O3/c1-8-3-4-10(6-11(8)21(23)24)18-13(22)7-20-9(2)5-12(19-20)14(15,16)17/h3-6H,7H2,1-2H3,(H,18,22). The van der Waals surface area contributed by atoms with Crippen molar-refractivity contribution in [2.75, 3.05) is 5.32 Å². The molecule has 1 amide bonds. The molecular weight excluding hydrogens is 329 g/mol. The van der Waals surface area contributed by atoms with Crippen molar-refractivity contribution in [3.05, 3.63) is 51.3 Å². The number of halogens is 3. The molecule has 0 aliphatic heterocycles. The van der Waals surface area contributed by atoms with Crippen molar-refractivity contribution in [1.29, 1.82) is 0 Å². The second-order valence-electron chi connectivity index (χ2n) is 5.13. The Balaban J connectivity index is 2.13. The maximum Gasteiger partial charge on any atom is 0.435 e. The van der Waals surface area contributed by atoms with E-state index in [0.29, 0.717) is 5.56 Å². The fraction of sp³-hybridized carbons (Fsp3) is 0.286. The average molecular weight is 342 g/mol. The van der Waals surface area contributed by atoms with Crippen molar-refractivity contribution in [3.8, 4) is 0 Å². The Hall–Kier alpha value is -2.91. The molecule has 0 aliphatic carbocycles. The van der Waals surface area contributed by atoms with Crippen molar-refractivity contribution < 1.29 is 22.9 Å². The number of aryl methyl sites for hydroxylation is 2. The van der Waals surface area contributed by atoms with Gasteiger partial charge in [0.15, 0.2) is 5.69 Å². The van der Waals surface area contributed by atoms with Crippen LogP contribution in [0.25, 0.3) is 0 Å². The minimum atomic E-state index is -4.59. The van der Waals surface area contributed by atoms with Gasteiger partial charge >= 0.3 is 6.18 Å². The van der Waals surface area contributed by atoms with Crippen molar-refractivity contribution in [2.24, 2.45) is 0 Å². The Labute approximate surface area is 134 Å². The number of benzene rings is 1. The molecule has 2 aromatic rings. The van der Waals surface area contributed by atoms with Crippen molar-refractivity contribution in [2.45, 2.75) is 26.6 Å². The number of rotatable bonds is 4. The number of alkyl halides is 3. The molecule has 128 valence electrons. The van der Waals surface area contributed by atoms with Crippen LogP contribution in [0.2, 0.25) is 0 Å². The van der Waals surface area contributed by atoms with Crippen LogP contribution in [0.5, 0.6) is 0 Å². The molecule has 24 heavy (non-hydrogen) atoms. The highest BCUT2D eigenvalue weighted by molar-refractivity contribution is 5.91. The van der Waals surface area contributed by atoms with Crippen LogP contribution in [0.3, 0.4) is 0 Å². The van der Waals surface area contributed by atoms with Crippen LogP contribution < -0.4 is 5.32 Å². The van der Waals surface area contributed by atoms with Gasteiger partial charge in [-0.25, -0.2) is 0 Å².